The molecule has 0 aliphatic carbocycles. The average Bonchev–Trinajstić information content (AvgIpc) is 2.52. The van der Waals surface area contributed by atoms with Crippen molar-refractivity contribution in [3.8, 4) is 11.5 Å². The van der Waals surface area contributed by atoms with Gasteiger partial charge in [0.05, 0.1) is 20.8 Å². The van der Waals surface area contributed by atoms with Crippen molar-refractivity contribution < 1.29 is 14.3 Å². The van der Waals surface area contributed by atoms with Gasteiger partial charge < -0.3 is 14.4 Å². The molecule has 0 aromatic heterocycles. The minimum atomic E-state index is 0.102. The van der Waals surface area contributed by atoms with Gasteiger partial charge in [-0.05, 0) is 27.0 Å². The molecule has 128 valence electrons. The van der Waals surface area contributed by atoms with Crippen LogP contribution >= 0.6 is 0 Å². The van der Waals surface area contributed by atoms with Crippen LogP contribution in [0.3, 0.4) is 0 Å². The van der Waals surface area contributed by atoms with Gasteiger partial charge in [0.25, 0.3) is 0 Å². The van der Waals surface area contributed by atoms with Crippen LogP contribution in [0.1, 0.15) is 19.4 Å². The molecule has 0 spiro atoms. The van der Waals surface area contributed by atoms with Gasteiger partial charge in [-0.25, -0.2) is 0 Å². The number of hydrogen-bond donors (Lipinski definition) is 0. The van der Waals surface area contributed by atoms with Crippen molar-refractivity contribution in [2.75, 3.05) is 40.9 Å². The van der Waals surface area contributed by atoms with Gasteiger partial charge in [-0.3, -0.25) is 9.69 Å². The number of ether oxygens (including phenoxy) is 2. The molecule has 1 aromatic carbocycles. The summed E-state index contributed by atoms with van der Waals surface area (Å²) in [6.07, 6.45) is 0. The second-order valence-corrected chi connectivity index (χ2v) is 5.72. The van der Waals surface area contributed by atoms with Crippen molar-refractivity contribution >= 4 is 5.91 Å². The molecule has 0 radical (unpaired) electrons. The lowest BCUT2D eigenvalue weighted by Crippen LogP contribution is -2.39. The van der Waals surface area contributed by atoms with E-state index in [9.17, 15) is 4.79 Å². The lowest BCUT2D eigenvalue weighted by molar-refractivity contribution is -0.131. The molecule has 1 aromatic rings. The summed E-state index contributed by atoms with van der Waals surface area (Å²) < 4.78 is 10.6. The zero-order valence-corrected chi connectivity index (χ0v) is 14.9. The van der Waals surface area contributed by atoms with Crippen LogP contribution in [-0.4, -0.2) is 56.6 Å². The Balaban J connectivity index is 2.70. The molecule has 0 bridgehead atoms. The molecular formula is C18H28N2O3. The number of carbonyl (C=O) groups is 1. The number of amides is 1. The van der Waals surface area contributed by atoms with Gasteiger partial charge >= 0.3 is 0 Å². The summed E-state index contributed by atoms with van der Waals surface area (Å²) in [7, 11) is 5.19. The van der Waals surface area contributed by atoms with E-state index in [1.54, 1.807) is 14.2 Å². The smallest absolute Gasteiger partial charge is 0.237 e. The topological polar surface area (TPSA) is 42.0 Å². The van der Waals surface area contributed by atoms with E-state index in [0.717, 1.165) is 22.6 Å². The molecule has 0 N–H and O–H groups in total. The van der Waals surface area contributed by atoms with Gasteiger partial charge in [0, 0.05) is 31.3 Å². The molecule has 1 amide bonds. The molecule has 23 heavy (non-hydrogen) atoms. The number of carbonyl (C=O) groups excluding carboxylic acids is 1. The third kappa shape index (κ3) is 5.94. The lowest BCUT2D eigenvalue weighted by atomic mass is 10.1. The highest BCUT2D eigenvalue weighted by atomic mass is 16.5. The van der Waals surface area contributed by atoms with Crippen LogP contribution in [0.5, 0.6) is 11.5 Å². The molecule has 0 atom stereocenters. The molecule has 0 heterocycles. The van der Waals surface area contributed by atoms with Gasteiger partial charge in [-0.15, -0.1) is 0 Å². The standard InChI is InChI=1S/C18H28N2O3/c1-7-20(11-14(2)3)18(21)13-19(4)12-15-8-9-16(22-5)10-17(15)23-6/h8-10H,2,7,11-13H2,1,3-6H3. The number of nitrogens with zero attached hydrogens (tertiary/aromatic N) is 2. The van der Waals surface area contributed by atoms with Crippen molar-refractivity contribution in [1.82, 2.24) is 9.80 Å². The molecule has 0 unspecified atom stereocenters. The maximum absolute atomic E-state index is 12.4. The Bertz CT molecular complexity index is 543. The van der Waals surface area contributed by atoms with Gasteiger partial charge in [-0.2, -0.15) is 0 Å². The molecule has 0 saturated carbocycles. The first-order valence-electron chi connectivity index (χ1n) is 7.72. The summed E-state index contributed by atoms with van der Waals surface area (Å²) >= 11 is 0. The lowest BCUT2D eigenvalue weighted by Gasteiger charge is -2.25. The van der Waals surface area contributed by atoms with E-state index in [1.807, 2.05) is 48.9 Å². The fourth-order valence-corrected chi connectivity index (χ4v) is 2.36. The first-order chi connectivity index (χ1) is 10.9. The second kappa shape index (κ2) is 9.20. The third-order valence-corrected chi connectivity index (χ3v) is 3.53. The van der Waals surface area contributed by atoms with Crippen molar-refractivity contribution in [1.29, 1.82) is 0 Å². The van der Waals surface area contributed by atoms with Crippen LogP contribution in [0.15, 0.2) is 30.4 Å². The summed E-state index contributed by atoms with van der Waals surface area (Å²) in [5.74, 6) is 1.62. The Labute approximate surface area is 139 Å². The molecule has 5 nitrogen and oxygen atoms in total. The first kappa shape index (κ1) is 19.0. The molecule has 0 fully saturated rings. The SMILES string of the molecule is C=C(C)CN(CC)C(=O)CN(C)Cc1ccc(OC)cc1OC. The number of benzene rings is 1. The molecule has 5 heteroatoms. The Kier molecular flexibility index (Phi) is 7.62. The highest BCUT2D eigenvalue weighted by Gasteiger charge is 2.15. The Morgan fingerprint density at radius 1 is 1.22 bits per heavy atom. The number of rotatable bonds is 9. The van der Waals surface area contributed by atoms with E-state index >= 15 is 0 Å². The monoisotopic (exact) mass is 320 g/mol. The van der Waals surface area contributed by atoms with Crippen molar-refractivity contribution in [2.24, 2.45) is 0 Å². The highest BCUT2D eigenvalue weighted by molar-refractivity contribution is 5.78. The van der Waals surface area contributed by atoms with Crippen LogP contribution < -0.4 is 9.47 Å². The van der Waals surface area contributed by atoms with E-state index in [0.29, 0.717) is 26.2 Å². The zero-order chi connectivity index (χ0) is 17.4. The second-order valence-electron chi connectivity index (χ2n) is 5.72. The van der Waals surface area contributed by atoms with Gasteiger partial charge in [-0.1, -0.05) is 18.2 Å². The minimum absolute atomic E-state index is 0.102. The fourth-order valence-electron chi connectivity index (χ4n) is 2.36. The van der Waals surface area contributed by atoms with Crippen molar-refractivity contribution in [3.05, 3.63) is 35.9 Å². The summed E-state index contributed by atoms with van der Waals surface area (Å²) in [4.78, 5) is 16.1. The van der Waals surface area contributed by atoms with Crippen molar-refractivity contribution in [3.63, 3.8) is 0 Å². The fraction of sp³-hybridized carbons (Fsp3) is 0.500. The zero-order valence-electron chi connectivity index (χ0n) is 14.9. The van der Waals surface area contributed by atoms with Crippen LogP contribution in [0, 0.1) is 0 Å². The van der Waals surface area contributed by atoms with E-state index in [2.05, 4.69) is 6.58 Å². The van der Waals surface area contributed by atoms with Crippen LogP contribution in [0.2, 0.25) is 0 Å². The minimum Gasteiger partial charge on any atom is -0.497 e. The Morgan fingerprint density at radius 2 is 1.91 bits per heavy atom. The van der Waals surface area contributed by atoms with E-state index in [-0.39, 0.29) is 5.91 Å². The molecule has 0 saturated heterocycles. The Morgan fingerprint density at radius 3 is 2.43 bits per heavy atom. The number of methoxy groups -OCH3 is 2. The van der Waals surface area contributed by atoms with E-state index < -0.39 is 0 Å². The summed E-state index contributed by atoms with van der Waals surface area (Å²) in [6, 6.07) is 5.71. The molecule has 0 aliphatic rings. The predicted molar refractivity (Wildman–Crippen MR) is 92.9 cm³/mol. The van der Waals surface area contributed by atoms with Gasteiger partial charge in [0.2, 0.25) is 5.91 Å². The average molecular weight is 320 g/mol. The maximum atomic E-state index is 12.4. The highest BCUT2D eigenvalue weighted by Crippen LogP contribution is 2.25. The van der Waals surface area contributed by atoms with Crippen LogP contribution in [0.4, 0.5) is 0 Å². The molecular weight excluding hydrogens is 292 g/mol. The maximum Gasteiger partial charge on any atom is 0.237 e. The quantitative estimate of drug-likeness (QED) is 0.656. The van der Waals surface area contributed by atoms with E-state index in [1.165, 1.54) is 0 Å². The van der Waals surface area contributed by atoms with Gasteiger partial charge in [0.15, 0.2) is 0 Å². The first-order valence-corrected chi connectivity index (χ1v) is 7.72. The summed E-state index contributed by atoms with van der Waals surface area (Å²) in [5.41, 5.74) is 2.01. The van der Waals surface area contributed by atoms with Crippen LogP contribution in [-0.2, 0) is 11.3 Å². The predicted octanol–water partition coefficient (Wildman–Crippen LogP) is 2.56. The van der Waals surface area contributed by atoms with Crippen LogP contribution in [0.25, 0.3) is 0 Å². The van der Waals surface area contributed by atoms with E-state index in [4.69, 9.17) is 9.47 Å². The Hall–Kier alpha value is -2.01. The normalized spacial score (nSPS) is 10.5. The molecule has 0 aliphatic heterocycles. The largest absolute Gasteiger partial charge is 0.497 e. The summed E-state index contributed by atoms with van der Waals surface area (Å²) in [6.45, 7) is 10.1. The van der Waals surface area contributed by atoms with Crippen molar-refractivity contribution in [2.45, 2.75) is 20.4 Å². The third-order valence-electron chi connectivity index (χ3n) is 3.53. The summed E-state index contributed by atoms with van der Waals surface area (Å²) in [5, 5.41) is 0. The molecule has 1 rings (SSSR count). The number of hydrogen-bond acceptors (Lipinski definition) is 4. The number of likely N-dealkylation sites (N-methyl/N-ethyl adjacent to an activating group) is 2. The van der Waals surface area contributed by atoms with Gasteiger partial charge in [0.1, 0.15) is 11.5 Å².